The summed E-state index contributed by atoms with van der Waals surface area (Å²) >= 11 is 0. The molecule has 2 fully saturated rings. The van der Waals surface area contributed by atoms with Gasteiger partial charge in [-0.05, 0) is 61.3 Å². The van der Waals surface area contributed by atoms with Gasteiger partial charge in [0.2, 0.25) is 0 Å². The molecule has 2 rings (SSSR count). The molecule has 2 bridgehead atoms. The van der Waals surface area contributed by atoms with Gasteiger partial charge in [0, 0.05) is 0 Å². The molecule has 0 heterocycles. The van der Waals surface area contributed by atoms with Crippen LogP contribution in [0.25, 0.3) is 0 Å². The van der Waals surface area contributed by atoms with Crippen molar-refractivity contribution in [3.8, 4) is 0 Å². The van der Waals surface area contributed by atoms with Crippen molar-refractivity contribution < 1.29 is 9.92 Å². The van der Waals surface area contributed by atoms with Crippen LogP contribution < -0.4 is 5.73 Å². The van der Waals surface area contributed by atoms with Crippen LogP contribution in [0.4, 0.5) is 0 Å². The Labute approximate surface area is 127 Å². The lowest BCUT2D eigenvalue weighted by molar-refractivity contribution is -0.761. The molecule has 0 radical (unpaired) electrons. The molecular weight excluding hydrogens is 268 g/mol. The maximum atomic E-state index is 10.7. The molecule has 0 saturated heterocycles. The number of rotatable bonds is 7. The molecule has 2 aliphatic carbocycles. The van der Waals surface area contributed by atoms with Gasteiger partial charge in [0.25, 0.3) is 5.09 Å². The fraction of sp³-hybridized carbons (Fsp3) is 1.00. The normalized spacial score (nSPS) is 39.0. The molecule has 2 saturated carbocycles. The van der Waals surface area contributed by atoms with Crippen LogP contribution in [0.5, 0.6) is 0 Å². The number of nitrogens with two attached hydrogens (primary N) is 1. The molecule has 5 heteroatoms. The molecule has 2 N–H and O–H groups in total. The van der Waals surface area contributed by atoms with Gasteiger partial charge >= 0.3 is 0 Å². The third kappa shape index (κ3) is 3.33. The summed E-state index contributed by atoms with van der Waals surface area (Å²) in [5.41, 5.74) is 6.63. The zero-order chi connectivity index (χ0) is 15.6. The minimum absolute atomic E-state index is 0.0336. The summed E-state index contributed by atoms with van der Waals surface area (Å²) in [5.74, 6) is 0. The maximum Gasteiger partial charge on any atom is 0.294 e. The molecular formula is C16H30N2O3. The first-order chi connectivity index (χ1) is 9.93. The van der Waals surface area contributed by atoms with E-state index in [1.807, 2.05) is 0 Å². The Kier molecular flexibility index (Phi) is 4.81. The van der Waals surface area contributed by atoms with E-state index < -0.39 is 5.09 Å². The summed E-state index contributed by atoms with van der Waals surface area (Å²) in [5, 5.41) is 10.0. The van der Waals surface area contributed by atoms with Crippen LogP contribution in [0, 0.1) is 26.4 Å². The first-order valence-electron chi connectivity index (χ1n) is 8.40. The van der Waals surface area contributed by atoms with Crippen molar-refractivity contribution in [1.29, 1.82) is 0 Å². The number of nitrogens with zero attached hydrogens (tertiary/aromatic N) is 1. The number of fused-ring (bicyclic) bond motifs is 2. The van der Waals surface area contributed by atoms with E-state index in [4.69, 9.17) is 10.6 Å². The largest absolute Gasteiger partial charge is 0.330 e. The monoisotopic (exact) mass is 298 g/mol. The zero-order valence-electron chi connectivity index (χ0n) is 13.5. The maximum absolute atomic E-state index is 10.7. The van der Waals surface area contributed by atoms with Crippen molar-refractivity contribution in [1.82, 2.24) is 0 Å². The van der Waals surface area contributed by atoms with Crippen molar-refractivity contribution in [3.63, 3.8) is 0 Å². The minimum Gasteiger partial charge on any atom is -0.330 e. The van der Waals surface area contributed by atoms with Crippen molar-refractivity contribution in [2.75, 3.05) is 13.2 Å². The van der Waals surface area contributed by atoms with E-state index in [1.165, 1.54) is 19.3 Å². The SMILES string of the molecule is CCCC1(CN)CC2(CC)CCCC(CO[N+](=O)[O-])(C2)C1. The van der Waals surface area contributed by atoms with E-state index >= 15 is 0 Å². The van der Waals surface area contributed by atoms with Gasteiger partial charge in [0.1, 0.15) is 6.61 Å². The van der Waals surface area contributed by atoms with E-state index in [2.05, 4.69) is 13.8 Å². The van der Waals surface area contributed by atoms with Crippen LogP contribution in [-0.4, -0.2) is 18.2 Å². The van der Waals surface area contributed by atoms with E-state index in [0.29, 0.717) is 12.0 Å². The molecule has 0 aliphatic heterocycles. The summed E-state index contributed by atoms with van der Waals surface area (Å²) in [6, 6.07) is 0. The molecule has 0 amide bonds. The van der Waals surface area contributed by atoms with Gasteiger partial charge in [-0.25, -0.2) is 0 Å². The van der Waals surface area contributed by atoms with Crippen molar-refractivity contribution in [2.24, 2.45) is 22.0 Å². The molecule has 5 nitrogen and oxygen atoms in total. The Balaban J connectivity index is 2.27. The smallest absolute Gasteiger partial charge is 0.294 e. The summed E-state index contributed by atoms with van der Waals surface area (Å²) in [6.45, 7) is 5.43. The Hall–Kier alpha value is -0.840. The predicted molar refractivity (Wildman–Crippen MR) is 82.2 cm³/mol. The fourth-order valence-electron chi connectivity index (χ4n) is 5.51. The van der Waals surface area contributed by atoms with E-state index in [1.54, 1.807) is 0 Å². The van der Waals surface area contributed by atoms with Crippen molar-refractivity contribution in [2.45, 2.75) is 71.6 Å². The Morgan fingerprint density at radius 2 is 1.86 bits per heavy atom. The highest BCUT2D eigenvalue weighted by atomic mass is 16.9. The highest BCUT2D eigenvalue weighted by Crippen LogP contribution is 2.63. The van der Waals surface area contributed by atoms with Crippen LogP contribution in [0.1, 0.15) is 71.6 Å². The second-order valence-electron chi connectivity index (χ2n) is 7.69. The molecule has 0 aromatic carbocycles. The number of hydrogen-bond acceptors (Lipinski definition) is 4. The predicted octanol–water partition coefficient (Wildman–Crippen LogP) is 3.69. The van der Waals surface area contributed by atoms with Gasteiger partial charge in [-0.15, -0.1) is 10.1 Å². The van der Waals surface area contributed by atoms with Crippen LogP contribution in [0.3, 0.4) is 0 Å². The average molecular weight is 298 g/mol. The molecule has 122 valence electrons. The van der Waals surface area contributed by atoms with E-state index in [0.717, 1.165) is 38.5 Å². The summed E-state index contributed by atoms with van der Waals surface area (Å²) in [4.78, 5) is 15.5. The number of hydrogen-bond donors (Lipinski definition) is 1. The second-order valence-corrected chi connectivity index (χ2v) is 7.69. The molecule has 3 unspecified atom stereocenters. The van der Waals surface area contributed by atoms with Gasteiger partial charge in [0.05, 0.1) is 0 Å². The molecule has 0 aromatic heterocycles. The Morgan fingerprint density at radius 3 is 2.43 bits per heavy atom. The quantitative estimate of drug-likeness (QED) is 0.574. The summed E-state index contributed by atoms with van der Waals surface area (Å²) < 4.78 is 0. The molecule has 3 atom stereocenters. The molecule has 2 aliphatic rings. The first kappa shape index (κ1) is 16.5. The summed E-state index contributed by atoms with van der Waals surface area (Å²) in [7, 11) is 0. The van der Waals surface area contributed by atoms with E-state index in [9.17, 15) is 10.1 Å². The first-order valence-corrected chi connectivity index (χ1v) is 8.40. The second kappa shape index (κ2) is 6.11. The van der Waals surface area contributed by atoms with Gasteiger partial charge in [-0.2, -0.15) is 0 Å². The van der Waals surface area contributed by atoms with Crippen molar-refractivity contribution >= 4 is 0 Å². The lowest BCUT2D eigenvalue weighted by atomic mass is 9.47. The van der Waals surface area contributed by atoms with Crippen LogP contribution in [-0.2, 0) is 4.84 Å². The average Bonchev–Trinajstić information content (AvgIpc) is 2.45. The standard InChI is InChI=1S/C16H30N2O3/c1-3-6-15(12-17)9-14(4-2)7-5-8-16(10-14,11-15)13-21-18(19)20/h3-13,17H2,1-2H3. The Bertz CT molecular complexity index is 390. The third-order valence-corrected chi connectivity index (χ3v) is 6.10. The fourth-order valence-corrected chi connectivity index (χ4v) is 5.51. The molecule has 21 heavy (non-hydrogen) atoms. The van der Waals surface area contributed by atoms with Gasteiger partial charge < -0.3 is 10.6 Å². The van der Waals surface area contributed by atoms with Gasteiger partial charge in [-0.1, -0.05) is 33.1 Å². The highest BCUT2D eigenvalue weighted by molar-refractivity contribution is 5.05. The Morgan fingerprint density at radius 1 is 1.19 bits per heavy atom. The molecule has 0 spiro atoms. The van der Waals surface area contributed by atoms with Crippen LogP contribution >= 0.6 is 0 Å². The molecule has 0 aromatic rings. The van der Waals surface area contributed by atoms with Gasteiger partial charge in [-0.3, -0.25) is 0 Å². The summed E-state index contributed by atoms with van der Waals surface area (Å²) in [6.07, 6.45) is 10.1. The van der Waals surface area contributed by atoms with Gasteiger partial charge in [0.15, 0.2) is 0 Å². The van der Waals surface area contributed by atoms with Crippen molar-refractivity contribution in [3.05, 3.63) is 10.1 Å². The van der Waals surface area contributed by atoms with Crippen LogP contribution in [0.2, 0.25) is 0 Å². The highest BCUT2D eigenvalue weighted by Gasteiger charge is 2.55. The lowest BCUT2D eigenvalue weighted by Gasteiger charge is -2.59. The van der Waals surface area contributed by atoms with Crippen LogP contribution in [0.15, 0.2) is 0 Å². The third-order valence-electron chi connectivity index (χ3n) is 6.10. The lowest BCUT2D eigenvalue weighted by Crippen LogP contribution is -2.53. The zero-order valence-corrected chi connectivity index (χ0v) is 13.5. The topological polar surface area (TPSA) is 78.4 Å². The van der Waals surface area contributed by atoms with E-state index in [-0.39, 0.29) is 17.4 Å². The minimum atomic E-state index is -0.629.